The van der Waals surface area contributed by atoms with Crippen molar-refractivity contribution in [2.75, 3.05) is 20.6 Å². The molecule has 1 aliphatic carbocycles. The Morgan fingerprint density at radius 1 is 1.15 bits per heavy atom. The standard InChI is InChI=1S/C35H50ClN7O8S/c1-21(2)43-26-17-13-15-24(36)28(26)38-32(43)50-23-18-27-29(44)39-35(31(46)40-52(48,49)41(6)7)19-22(35)14-11-9-8-10-12-16-25(30(45)42(27)20-23)37-33(47)51-34(3,4)5/h11,13-15,17,21-23,25,27H,8-10,12,16,18-20H2,1-7H3,(H,37,47)(H,39,44)(H,40,46)/b14-11-/t22-,23-,25+,27+,35-/m1/s1. The second-order valence-corrected chi connectivity index (χ2v) is 17.5. The highest BCUT2D eigenvalue weighted by Gasteiger charge is 2.61. The summed E-state index contributed by atoms with van der Waals surface area (Å²) in [6, 6.07) is 3.47. The number of amides is 4. The monoisotopic (exact) mass is 763 g/mol. The van der Waals surface area contributed by atoms with Gasteiger partial charge in [0.15, 0.2) is 0 Å². The Balaban J connectivity index is 1.50. The zero-order valence-corrected chi connectivity index (χ0v) is 32.3. The van der Waals surface area contributed by atoms with Crippen molar-refractivity contribution in [3.63, 3.8) is 0 Å². The molecule has 17 heteroatoms. The quantitative estimate of drug-likeness (QED) is 0.353. The largest absolute Gasteiger partial charge is 0.459 e. The van der Waals surface area contributed by atoms with Crippen LogP contribution in [0.3, 0.4) is 0 Å². The third kappa shape index (κ3) is 8.66. The summed E-state index contributed by atoms with van der Waals surface area (Å²) in [6.45, 7) is 9.08. The minimum absolute atomic E-state index is 0.0277. The number of nitrogens with zero attached hydrogens (tertiary/aromatic N) is 4. The fourth-order valence-corrected chi connectivity index (χ4v) is 7.52. The van der Waals surface area contributed by atoms with Gasteiger partial charge >= 0.3 is 16.3 Å². The van der Waals surface area contributed by atoms with E-state index < -0.39 is 69.3 Å². The van der Waals surface area contributed by atoms with E-state index in [4.69, 9.17) is 21.1 Å². The van der Waals surface area contributed by atoms with Crippen LogP contribution in [0.25, 0.3) is 11.0 Å². The Morgan fingerprint density at radius 3 is 2.56 bits per heavy atom. The SMILES string of the molecule is CC(C)n1c(O[C@@H]2C[C@H]3C(=O)N[C@]4(C(=O)NS(=O)(=O)N(C)C)C[C@H]4/C=C\CCCCC[C@H](NC(=O)OC(C)(C)C)C(=O)N3C2)nc2c(Cl)cccc21. The molecular formula is C35H50ClN7O8S. The molecule has 0 bridgehead atoms. The minimum atomic E-state index is -4.17. The average Bonchev–Trinajstić information content (AvgIpc) is 3.36. The van der Waals surface area contributed by atoms with Crippen LogP contribution in [0.5, 0.6) is 6.01 Å². The molecule has 5 atom stereocenters. The summed E-state index contributed by atoms with van der Waals surface area (Å²) >= 11 is 6.48. The Kier molecular flexibility index (Phi) is 11.5. The minimum Gasteiger partial charge on any atom is -0.459 e. The topological polar surface area (TPSA) is 181 Å². The van der Waals surface area contributed by atoms with Gasteiger partial charge in [-0.05, 0) is 72.4 Å². The van der Waals surface area contributed by atoms with Crippen molar-refractivity contribution in [2.45, 2.75) is 115 Å². The lowest BCUT2D eigenvalue weighted by atomic mass is 10.0. The first-order chi connectivity index (χ1) is 24.3. The van der Waals surface area contributed by atoms with Gasteiger partial charge in [-0.3, -0.25) is 19.0 Å². The number of allylic oxidation sites excluding steroid dienone is 1. The molecule has 1 saturated heterocycles. The molecule has 2 fully saturated rings. The van der Waals surface area contributed by atoms with Crippen LogP contribution < -0.4 is 20.1 Å². The molecule has 1 aromatic heterocycles. The number of aromatic nitrogens is 2. The molecular weight excluding hydrogens is 714 g/mol. The normalized spacial score (nSPS) is 26.5. The van der Waals surface area contributed by atoms with Gasteiger partial charge in [-0.15, -0.1) is 0 Å². The molecule has 3 N–H and O–H groups in total. The van der Waals surface area contributed by atoms with Crippen molar-refractivity contribution < 1.29 is 37.1 Å². The molecule has 3 aliphatic rings. The molecule has 0 radical (unpaired) electrons. The highest BCUT2D eigenvalue weighted by molar-refractivity contribution is 7.87. The van der Waals surface area contributed by atoms with E-state index >= 15 is 0 Å². The van der Waals surface area contributed by atoms with Gasteiger partial charge in [0, 0.05) is 32.5 Å². The molecule has 0 unspecified atom stereocenters. The number of benzene rings is 1. The van der Waals surface area contributed by atoms with Gasteiger partial charge in [-0.2, -0.15) is 17.7 Å². The number of halogens is 1. The summed E-state index contributed by atoms with van der Waals surface area (Å²) in [4.78, 5) is 61.4. The van der Waals surface area contributed by atoms with Crippen LogP contribution in [0, 0.1) is 5.92 Å². The van der Waals surface area contributed by atoms with E-state index in [2.05, 4.69) is 20.3 Å². The average molecular weight is 764 g/mol. The maximum absolute atomic E-state index is 14.4. The second kappa shape index (κ2) is 15.2. The zero-order chi connectivity index (χ0) is 38.2. The Hall–Kier alpha value is -3.89. The maximum atomic E-state index is 14.4. The number of ether oxygens (including phenoxy) is 2. The molecule has 2 aromatic rings. The van der Waals surface area contributed by atoms with Crippen molar-refractivity contribution in [3.05, 3.63) is 35.4 Å². The van der Waals surface area contributed by atoms with E-state index in [-0.39, 0.29) is 31.4 Å². The van der Waals surface area contributed by atoms with Crippen LogP contribution in [-0.2, 0) is 29.3 Å². The van der Waals surface area contributed by atoms with E-state index in [1.807, 2.05) is 42.7 Å². The van der Waals surface area contributed by atoms with Crippen LogP contribution in [-0.4, -0.2) is 101 Å². The van der Waals surface area contributed by atoms with Gasteiger partial charge < -0.3 is 25.0 Å². The fourth-order valence-electron chi connectivity index (χ4n) is 6.71. The number of nitrogens with one attached hydrogen (secondary N) is 3. The van der Waals surface area contributed by atoms with Gasteiger partial charge in [-0.25, -0.2) is 9.52 Å². The summed E-state index contributed by atoms with van der Waals surface area (Å²) in [7, 11) is -1.59. The second-order valence-electron chi connectivity index (χ2n) is 15.2. The molecule has 2 aliphatic heterocycles. The number of carbonyl (C=O) groups excluding carboxylic acids is 4. The molecule has 0 spiro atoms. The summed E-state index contributed by atoms with van der Waals surface area (Å²) in [5, 5.41) is 6.01. The predicted molar refractivity (Wildman–Crippen MR) is 195 cm³/mol. The molecule has 286 valence electrons. The predicted octanol–water partition coefficient (Wildman–Crippen LogP) is 3.83. The lowest BCUT2D eigenvalue weighted by Crippen LogP contribution is -2.58. The smallest absolute Gasteiger partial charge is 0.408 e. The first kappa shape index (κ1) is 39.3. The molecule has 15 nitrogen and oxygen atoms in total. The zero-order valence-electron chi connectivity index (χ0n) is 30.8. The lowest BCUT2D eigenvalue weighted by molar-refractivity contribution is -0.141. The van der Waals surface area contributed by atoms with Crippen LogP contribution in [0.2, 0.25) is 5.02 Å². The number of imidazole rings is 1. The number of fused-ring (bicyclic) bond motifs is 3. The van der Waals surface area contributed by atoms with Crippen molar-refractivity contribution in [1.82, 2.24) is 34.1 Å². The third-order valence-corrected chi connectivity index (χ3v) is 11.2. The highest BCUT2D eigenvalue weighted by Crippen LogP contribution is 2.46. The summed E-state index contributed by atoms with van der Waals surface area (Å²) < 4.78 is 42.1. The summed E-state index contributed by atoms with van der Waals surface area (Å²) in [6.07, 6.45) is 5.60. The van der Waals surface area contributed by atoms with Gasteiger partial charge in [0.2, 0.25) is 11.8 Å². The van der Waals surface area contributed by atoms with Gasteiger partial charge in [0.1, 0.15) is 34.8 Å². The van der Waals surface area contributed by atoms with Crippen LogP contribution in [0.1, 0.15) is 85.6 Å². The fraction of sp³-hybridized carbons (Fsp3) is 0.629. The van der Waals surface area contributed by atoms with Crippen molar-refractivity contribution >= 4 is 56.7 Å². The number of para-hydroxylation sites is 1. The van der Waals surface area contributed by atoms with Gasteiger partial charge in [0.05, 0.1) is 17.1 Å². The highest BCUT2D eigenvalue weighted by atomic mass is 35.5. The Morgan fingerprint density at radius 2 is 1.88 bits per heavy atom. The molecule has 4 amide bonds. The number of hydrogen-bond acceptors (Lipinski definition) is 9. The molecule has 5 rings (SSSR count). The van der Waals surface area contributed by atoms with Crippen molar-refractivity contribution in [2.24, 2.45) is 5.92 Å². The first-order valence-corrected chi connectivity index (χ1v) is 19.5. The van der Waals surface area contributed by atoms with E-state index in [9.17, 15) is 27.6 Å². The van der Waals surface area contributed by atoms with Gasteiger partial charge in [-0.1, -0.05) is 42.7 Å². The molecule has 1 aromatic carbocycles. The lowest BCUT2D eigenvalue weighted by Gasteiger charge is -2.30. The van der Waals surface area contributed by atoms with Crippen molar-refractivity contribution in [3.8, 4) is 6.01 Å². The van der Waals surface area contributed by atoms with E-state index in [1.165, 1.54) is 19.0 Å². The first-order valence-electron chi connectivity index (χ1n) is 17.7. The van der Waals surface area contributed by atoms with Crippen LogP contribution in [0.15, 0.2) is 30.4 Å². The number of hydrogen-bond donors (Lipinski definition) is 3. The Labute approximate surface area is 310 Å². The summed E-state index contributed by atoms with van der Waals surface area (Å²) in [5.74, 6) is -2.50. The van der Waals surface area contributed by atoms with Crippen molar-refractivity contribution in [1.29, 1.82) is 0 Å². The van der Waals surface area contributed by atoms with E-state index in [0.717, 1.165) is 22.7 Å². The van der Waals surface area contributed by atoms with E-state index in [0.29, 0.717) is 29.8 Å². The van der Waals surface area contributed by atoms with Crippen LogP contribution >= 0.6 is 11.6 Å². The third-order valence-electron chi connectivity index (χ3n) is 9.47. The molecule has 3 heterocycles. The maximum Gasteiger partial charge on any atom is 0.408 e. The summed E-state index contributed by atoms with van der Waals surface area (Å²) in [5.41, 5.74) is -1.06. The number of rotatable bonds is 7. The number of alkyl carbamates (subject to hydrolysis) is 1. The molecule has 1 saturated carbocycles. The van der Waals surface area contributed by atoms with Crippen LogP contribution in [0.4, 0.5) is 4.79 Å². The Bertz CT molecular complexity index is 1840. The van der Waals surface area contributed by atoms with Gasteiger partial charge in [0.25, 0.3) is 11.9 Å². The van der Waals surface area contributed by atoms with E-state index in [1.54, 1.807) is 26.8 Å². The number of carbonyl (C=O) groups is 4. The molecule has 52 heavy (non-hydrogen) atoms.